The second-order valence-corrected chi connectivity index (χ2v) is 9.91. The van der Waals surface area contributed by atoms with Gasteiger partial charge in [0.15, 0.2) is 15.6 Å². The second kappa shape index (κ2) is 7.14. The standard InChI is InChI=1S/C22H21NO6S/c1-27-18-5-3-2-4-14(18)10-20-21(24)16-6-7-19-17(22(16)29-20)11-23(13-28-19)15-8-9-30(25,26)12-15/h2-7,10,15H,8-9,11-13H2,1H3/b20-10+. The van der Waals surface area contributed by atoms with E-state index in [1.165, 1.54) is 0 Å². The first-order valence-corrected chi connectivity index (χ1v) is 11.6. The van der Waals surface area contributed by atoms with Gasteiger partial charge >= 0.3 is 0 Å². The average Bonchev–Trinajstić information content (AvgIpc) is 3.27. The Morgan fingerprint density at radius 2 is 2.03 bits per heavy atom. The Hall–Kier alpha value is -2.84. The number of sulfone groups is 1. The number of ketones is 1. The summed E-state index contributed by atoms with van der Waals surface area (Å²) in [5, 5.41) is 0. The van der Waals surface area contributed by atoms with Gasteiger partial charge in [0.05, 0.1) is 29.7 Å². The molecule has 0 radical (unpaired) electrons. The predicted molar refractivity (Wildman–Crippen MR) is 110 cm³/mol. The van der Waals surface area contributed by atoms with Crippen molar-refractivity contribution in [3.8, 4) is 17.2 Å². The number of hydrogen-bond acceptors (Lipinski definition) is 7. The van der Waals surface area contributed by atoms with Crippen LogP contribution in [0.5, 0.6) is 17.2 Å². The Kier molecular flexibility index (Phi) is 4.56. The number of allylic oxidation sites excluding steroid dienone is 1. The molecule has 0 N–H and O–H groups in total. The second-order valence-electron chi connectivity index (χ2n) is 7.68. The Morgan fingerprint density at radius 3 is 2.80 bits per heavy atom. The van der Waals surface area contributed by atoms with Crippen LogP contribution in [0.25, 0.3) is 6.08 Å². The number of fused-ring (bicyclic) bond motifs is 3. The average molecular weight is 427 g/mol. The fourth-order valence-corrected chi connectivity index (χ4v) is 5.96. The van der Waals surface area contributed by atoms with E-state index in [4.69, 9.17) is 14.2 Å². The van der Waals surface area contributed by atoms with Crippen LogP contribution < -0.4 is 14.2 Å². The van der Waals surface area contributed by atoms with Crippen molar-refractivity contribution in [2.24, 2.45) is 0 Å². The molecule has 1 unspecified atom stereocenters. The van der Waals surface area contributed by atoms with Crippen molar-refractivity contribution in [3.05, 3.63) is 58.8 Å². The van der Waals surface area contributed by atoms with E-state index in [-0.39, 0.29) is 29.1 Å². The zero-order valence-electron chi connectivity index (χ0n) is 16.5. The number of nitrogens with zero attached hydrogens (tertiary/aromatic N) is 1. The molecule has 1 fully saturated rings. The summed E-state index contributed by atoms with van der Waals surface area (Å²) < 4.78 is 41.0. The topological polar surface area (TPSA) is 82.1 Å². The number of para-hydroxylation sites is 1. The van der Waals surface area contributed by atoms with Crippen molar-refractivity contribution >= 4 is 21.7 Å². The van der Waals surface area contributed by atoms with Gasteiger partial charge in [-0.3, -0.25) is 9.69 Å². The highest BCUT2D eigenvalue weighted by atomic mass is 32.2. The molecule has 156 valence electrons. The molecule has 0 aliphatic carbocycles. The van der Waals surface area contributed by atoms with Gasteiger partial charge in [-0.25, -0.2) is 8.42 Å². The summed E-state index contributed by atoms with van der Waals surface area (Å²) in [6.07, 6.45) is 2.27. The maximum Gasteiger partial charge on any atom is 0.231 e. The quantitative estimate of drug-likeness (QED) is 0.697. The molecule has 3 heterocycles. The van der Waals surface area contributed by atoms with Crippen molar-refractivity contribution in [1.29, 1.82) is 0 Å². The van der Waals surface area contributed by atoms with Crippen LogP contribution in [0.2, 0.25) is 0 Å². The molecule has 0 spiro atoms. The minimum Gasteiger partial charge on any atom is -0.496 e. The fourth-order valence-electron chi connectivity index (χ4n) is 4.20. The van der Waals surface area contributed by atoms with E-state index in [0.29, 0.717) is 42.5 Å². The van der Waals surface area contributed by atoms with Gasteiger partial charge in [0.2, 0.25) is 5.78 Å². The molecule has 30 heavy (non-hydrogen) atoms. The van der Waals surface area contributed by atoms with Gasteiger partial charge in [-0.15, -0.1) is 0 Å². The van der Waals surface area contributed by atoms with Gasteiger partial charge < -0.3 is 14.2 Å². The first-order chi connectivity index (χ1) is 14.4. The molecule has 0 saturated carbocycles. The van der Waals surface area contributed by atoms with Crippen LogP contribution in [0.4, 0.5) is 0 Å². The number of methoxy groups -OCH3 is 1. The van der Waals surface area contributed by atoms with E-state index in [1.807, 2.05) is 29.2 Å². The predicted octanol–water partition coefficient (Wildman–Crippen LogP) is 2.65. The van der Waals surface area contributed by atoms with E-state index < -0.39 is 9.84 Å². The SMILES string of the molecule is COc1ccccc1/C=C1/Oc2c(ccc3c2CN(C2CCS(=O)(=O)C2)CO3)C1=O. The van der Waals surface area contributed by atoms with Crippen LogP contribution >= 0.6 is 0 Å². The molecule has 8 heteroatoms. The number of rotatable bonds is 3. The molecule has 2 aromatic rings. The molecule has 0 amide bonds. The smallest absolute Gasteiger partial charge is 0.231 e. The highest BCUT2D eigenvalue weighted by Gasteiger charge is 2.38. The van der Waals surface area contributed by atoms with E-state index in [2.05, 4.69) is 0 Å². The molecule has 0 aromatic heterocycles. The highest BCUT2D eigenvalue weighted by molar-refractivity contribution is 7.91. The number of Topliss-reactive ketones (excluding diaryl/α,β-unsaturated/α-hetero) is 1. The lowest BCUT2D eigenvalue weighted by Gasteiger charge is -2.33. The largest absolute Gasteiger partial charge is 0.496 e. The molecule has 5 rings (SSSR count). The Morgan fingerprint density at radius 1 is 1.20 bits per heavy atom. The first-order valence-electron chi connectivity index (χ1n) is 9.75. The number of carbonyl (C=O) groups is 1. The monoisotopic (exact) mass is 427 g/mol. The van der Waals surface area contributed by atoms with Gasteiger partial charge in [0, 0.05) is 18.2 Å². The molecule has 0 bridgehead atoms. The number of benzene rings is 2. The van der Waals surface area contributed by atoms with Gasteiger partial charge in [-0.05, 0) is 30.7 Å². The summed E-state index contributed by atoms with van der Waals surface area (Å²) >= 11 is 0. The van der Waals surface area contributed by atoms with E-state index in [0.717, 1.165) is 11.1 Å². The summed E-state index contributed by atoms with van der Waals surface area (Å²) in [6.45, 7) is 0.803. The lowest BCUT2D eigenvalue weighted by molar-refractivity contribution is 0.0634. The van der Waals surface area contributed by atoms with Crippen LogP contribution in [-0.2, 0) is 16.4 Å². The minimum atomic E-state index is -3.00. The van der Waals surface area contributed by atoms with Gasteiger partial charge in [-0.2, -0.15) is 0 Å². The molecule has 2 aromatic carbocycles. The maximum atomic E-state index is 12.9. The minimum absolute atomic E-state index is 0.0836. The van der Waals surface area contributed by atoms with Crippen molar-refractivity contribution in [2.45, 2.75) is 19.0 Å². The first kappa shape index (κ1) is 19.1. The van der Waals surface area contributed by atoms with Crippen LogP contribution in [0, 0.1) is 0 Å². The van der Waals surface area contributed by atoms with Gasteiger partial charge in [0.25, 0.3) is 0 Å². The Balaban J connectivity index is 1.46. The Bertz CT molecular complexity index is 1170. The van der Waals surface area contributed by atoms with Crippen LogP contribution in [0.15, 0.2) is 42.2 Å². The lowest BCUT2D eigenvalue weighted by atomic mass is 10.0. The zero-order valence-corrected chi connectivity index (χ0v) is 17.3. The van der Waals surface area contributed by atoms with Crippen LogP contribution in [0.3, 0.4) is 0 Å². The third-order valence-corrected chi connectivity index (χ3v) is 7.55. The molecule has 3 aliphatic rings. The summed E-state index contributed by atoms with van der Waals surface area (Å²) in [4.78, 5) is 14.9. The van der Waals surface area contributed by atoms with Crippen molar-refractivity contribution in [2.75, 3.05) is 25.3 Å². The van der Waals surface area contributed by atoms with E-state index >= 15 is 0 Å². The third-order valence-electron chi connectivity index (χ3n) is 5.80. The maximum absolute atomic E-state index is 12.9. The molecular weight excluding hydrogens is 406 g/mol. The highest BCUT2D eigenvalue weighted by Crippen LogP contribution is 2.43. The van der Waals surface area contributed by atoms with Crippen molar-refractivity contribution < 1.29 is 27.4 Å². The fraction of sp³-hybridized carbons (Fsp3) is 0.318. The van der Waals surface area contributed by atoms with Crippen LogP contribution in [0.1, 0.15) is 27.9 Å². The normalized spacial score (nSPS) is 23.6. The van der Waals surface area contributed by atoms with Crippen molar-refractivity contribution in [1.82, 2.24) is 4.90 Å². The Labute approximate surface area is 174 Å². The molecular formula is C22H21NO6S. The number of hydrogen-bond donors (Lipinski definition) is 0. The van der Waals surface area contributed by atoms with E-state index in [9.17, 15) is 13.2 Å². The summed E-state index contributed by atoms with van der Waals surface area (Å²) in [5.41, 5.74) is 2.01. The number of carbonyl (C=O) groups excluding carboxylic acids is 1. The molecule has 1 atom stereocenters. The lowest BCUT2D eigenvalue weighted by Crippen LogP contribution is -2.41. The zero-order chi connectivity index (χ0) is 20.9. The summed E-state index contributed by atoms with van der Waals surface area (Å²) in [5.74, 6) is 2.18. The van der Waals surface area contributed by atoms with Crippen molar-refractivity contribution in [3.63, 3.8) is 0 Å². The van der Waals surface area contributed by atoms with Gasteiger partial charge in [-0.1, -0.05) is 18.2 Å². The molecule has 3 aliphatic heterocycles. The van der Waals surface area contributed by atoms with E-state index in [1.54, 1.807) is 25.3 Å². The van der Waals surface area contributed by atoms with Crippen LogP contribution in [-0.4, -0.2) is 50.5 Å². The summed E-state index contributed by atoms with van der Waals surface area (Å²) in [6, 6.07) is 10.8. The molecule has 7 nitrogen and oxygen atoms in total. The van der Waals surface area contributed by atoms with Gasteiger partial charge in [0.1, 0.15) is 24.0 Å². The third kappa shape index (κ3) is 3.26. The molecule has 1 saturated heterocycles. The summed E-state index contributed by atoms with van der Waals surface area (Å²) in [7, 11) is -1.42. The number of ether oxygens (including phenoxy) is 3.